The zero-order valence-corrected chi connectivity index (χ0v) is 28.7. The Hall–Kier alpha value is -6.28. The zero-order valence-electron chi connectivity index (χ0n) is 27.9. The van der Waals surface area contributed by atoms with E-state index in [9.17, 15) is 0 Å². The molecule has 0 radical (unpaired) electrons. The highest BCUT2D eigenvalue weighted by Gasteiger charge is 2.19. The van der Waals surface area contributed by atoms with E-state index in [0.29, 0.717) is 0 Å². The molecule has 0 amide bonds. The highest BCUT2D eigenvalue weighted by Crippen LogP contribution is 2.47. The van der Waals surface area contributed by atoms with Gasteiger partial charge in [0.2, 0.25) is 0 Å². The lowest BCUT2D eigenvalue weighted by Gasteiger charge is -2.19. The molecular formula is C50H32S. The van der Waals surface area contributed by atoms with Gasteiger partial charge in [-0.1, -0.05) is 158 Å². The van der Waals surface area contributed by atoms with Gasteiger partial charge in [0.1, 0.15) is 0 Å². The normalized spacial score (nSPS) is 11.5. The van der Waals surface area contributed by atoms with Gasteiger partial charge in [-0.15, -0.1) is 11.3 Å². The number of rotatable bonds is 5. The molecule has 0 atom stereocenters. The van der Waals surface area contributed by atoms with Crippen molar-refractivity contribution < 1.29 is 0 Å². The van der Waals surface area contributed by atoms with E-state index in [1.54, 1.807) is 0 Å². The van der Waals surface area contributed by atoms with Gasteiger partial charge >= 0.3 is 0 Å². The van der Waals surface area contributed by atoms with Gasteiger partial charge < -0.3 is 0 Å². The molecule has 9 aromatic carbocycles. The van der Waals surface area contributed by atoms with E-state index in [4.69, 9.17) is 0 Å². The van der Waals surface area contributed by atoms with Gasteiger partial charge in [-0.3, -0.25) is 0 Å². The Morgan fingerprint density at radius 3 is 1.18 bits per heavy atom. The van der Waals surface area contributed by atoms with Crippen LogP contribution in [0.3, 0.4) is 0 Å². The molecule has 0 N–H and O–H groups in total. The Morgan fingerprint density at radius 2 is 0.647 bits per heavy atom. The Kier molecular flexibility index (Phi) is 7.11. The van der Waals surface area contributed by atoms with E-state index >= 15 is 0 Å². The average Bonchev–Trinajstić information content (AvgIpc) is 3.58. The van der Waals surface area contributed by atoms with Gasteiger partial charge in [-0.05, 0) is 114 Å². The summed E-state index contributed by atoms with van der Waals surface area (Å²) in [6.07, 6.45) is 0. The minimum atomic E-state index is 1.22. The molecule has 0 nitrogen and oxygen atoms in total. The lowest BCUT2D eigenvalue weighted by atomic mass is 9.84. The largest absolute Gasteiger partial charge is 0.135 e. The van der Waals surface area contributed by atoms with Crippen molar-refractivity contribution in [3.63, 3.8) is 0 Å². The minimum absolute atomic E-state index is 1.22. The van der Waals surface area contributed by atoms with E-state index in [0.717, 1.165) is 0 Å². The Morgan fingerprint density at radius 1 is 0.216 bits per heavy atom. The summed E-state index contributed by atoms with van der Waals surface area (Å²) in [5.74, 6) is 0. The first-order chi connectivity index (χ1) is 25.3. The first-order valence-corrected chi connectivity index (χ1v) is 18.3. The third-order valence-electron chi connectivity index (χ3n) is 10.2. The number of hydrogen-bond donors (Lipinski definition) is 0. The van der Waals surface area contributed by atoms with Gasteiger partial charge in [-0.25, -0.2) is 0 Å². The third-order valence-corrected chi connectivity index (χ3v) is 11.4. The van der Waals surface area contributed by atoms with Crippen molar-refractivity contribution in [2.24, 2.45) is 0 Å². The fourth-order valence-electron chi connectivity index (χ4n) is 7.86. The van der Waals surface area contributed by atoms with Crippen molar-refractivity contribution in [2.45, 2.75) is 0 Å². The fraction of sp³-hybridized carbons (Fsp3) is 0. The van der Waals surface area contributed by atoms with E-state index in [1.165, 1.54) is 97.4 Å². The van der Waals surface area contributed by atoms with Crippen LogP contribution in [0.4, 0.5) is 0 Å². The second-order valence-corrected chi connectivity index (χ2v) is 14.3. The average molecular weight is 665 g/mol. The molecular weight excluding hydrogens is 633 g/mol. The van der Waals surface area contributed by atoms with Crippen molar-refractivity contribution in [1.29, 1.82) is 0 Å². The Balaban J connectivity index is 1.21. The Labute approximate surface area is 301 Å². The summed E-state index contributed by atoms with van der Waals surface area (Å²) in [5.41, 5.74) is 12.4. The molecule has 51 heavy (non-hydrogen) atoms. The molecule has 0 fully saturated rings. The van der Waals surface area contributed by atoms with Crippen LogP contribution in [0.15, 0.2) is 194 Å². The molecule has 0 spiro atoms. The van der Waals surface area contributed by atoms with Gasteiger partial charge in [0.25, 0.3) is 0 Å². The number of benzene rings is 9. The first kappa shape index (κ1) is 29.6. The second kappa shape index (κ2) is 12.2. The lowest BCUT2D eigenvalue weighted by Crippen LogP contribution is -1.92. The number of hydrogen-bond acceptors (Lipinski definition) is 1. The van der Waals surface area contributed by atoms with Gasteiger partial charge in [0.05, 0.1) is 0 Å². The second-order valence-electron chi connectivity index (χ2n) is 13.3. The molecule has 0 bridgehead atoms. The minimum Gasteiger partial charge on any atom is -0.135 e. The van der Waals surface area contributed by atoms with Crippen LogP contribution in [-0.2, 0) is 0 Å². The summed E-state index contributed by atoms with van der Waals surface area (Å²) in [7, 11) is 0. The van der Waals surface area contributed by atoms with Crippen LogP contribution in [0.25, 0.3) is 97.4 Å². The Bertz CT molecular complexity index is 2770. The van der Waals surface area contributed by atoms with Crippen molar-refractivity contribution in [3.05, 3.63) is 194 Å². The van der Waals surface area contributed by atoms with Gasteiger partial charge in [0.15, 0.2) is 0 Å². The summed E-state index contributed by atoms with van der Waals surface area (Å²) in [5, 5.41) is 7.68. The third kappa shape index (κ3) is 5.14. The maximum absolute atomic E-state index is 2.42. The summed E-state index contributed by atoms with van der Waals surface area (Å²) in [6, 6.07) is 71.2. The predicted octanol–water partition coefficient (Wildman–Crippen LogP) is 14.7. The smallest absolute Gasteiger partial charge is 0.0361 e. The van der Waals surface area contributed by atoms with E-state index in [2.05, 4.69) is 194 Å². The summed E-state index contributed by atoms with van der Waals surface area (Å²) < 4.78 is 2.64. The quantitative estimate of drug-likeness (QED) is 0.161. The zero-order chi connectivity index (χ0) is 33.7. The molecule has 10 rings (SSSR count). The van der Waals surface area contributed by atoms with Crippen molar-refractivity contribution >= 4 is 53.1 Å². The topological polar surface area (TPSA) is 0 Å². The summed E-state index contributed by atoms with van der Waals surface area (Å²) >= 11 is 1.88. The SMILES string of the molecule is c1ccc(-c2cc(-c3ccccc3)cc(-c3c4ccccc4c(-c4ccc5sc6cc(-c7ccccc7)ccc6c5c4)c4ccccc34)c2)cc1. The molecule has 238 valence electrons. The molecule has 0 aliphatic heterocycles. The molecule has 0 unspecified atom stereocenters. The summed E-state index contributed by atoms with van der Waals surface area (Å²) in [6.45, 7) is 0. The highest BCUT2D eigenvalue weighted by atomic mass is 32.1. The van der Waals surface area contributed by atoms with E-state index < -0.39 is 0 Å². The van der Waals surface area contributed by atoms with Gasteiger partial charge in [0, 0.05) is 20.2 Å². The maximum atomic E-state index is 2.42. The van der Waals surface area contributed by atoms with Gasteiger partial charge in [-0.2, -0.15) is 0 Å². The molecule has 1 heterocycles. The van der Waals surface area contributed by atoms with Crippen molar-refractivity contribution in [2.75, 3.05) is 0 Å². The molecule has 0 saturated heterocycles. The van der Waals surface area contributed by atoms with Crippen LogP contribution in [0, 0.1) is 0 Å². The van der Waals surface area contributed by atoms with Crippen molar-refractivity contribution in [1.82, 2.24) is 0 Å². The van der Waals surface area contributed by atoms with Crippen LogP contribution >= 0.6 is 11.3 Å². The van der Waals surface area contributed by atoms with Crippen LogP contribution in [-0.4, -0.2) is 0 Å². The monoisotopic (exact) mass is 664 g/mol. The molecule has 1 heteroatoms. The summed E-state index contributed by atoms with van der Waals surface area (Å²) in [4.78, 5) is 0. The fourth-order valence-corrected chi connectivity index (χ4v) is 8.99. The maximum Gasteiger partial charge on any atom is 0.0361 e. The molecule has 10 aromatic rings. The molecule has 0 aliphatic carbocycles. The highest BCUT2D eigenvalue weighted by molar-refractivity contribution is 7.25. The molecule has 1 aromatic heterocycles. The van der Waals surface area contributed by atoms with Crippen LogP contribution in [0.5, 0.6) is 0 Å². The van der Waals surface area contributed by atoms with E-state index in [-0.39, 0.29) is 0 Å². The lowest BCUT2D eigenvalue weighted by molar-refractivity contribution is 1.58. The number of thiophene rings is 1. The standard InChI is InChI=1S/C50H32S/c1-4-14-33(15-5-1)36-24-26-41-46-31-37(25-27-47(46)51-48(41)32-36)49-42-20-10-12-22-44(42)50(45-23-13-11-21-43(45)49)40-29-38(34-16-6-2-7-17-34)28-39(30-40)35-18-8-3-9-19-35/h1-32H. The predicted molar refractivity (Wildman–Crippen MR) is 222 cm³/mol. The van der Waals surface area contributed by atoms with Crippen LogP contribution < -0.4 is 0 Å². The molecule has 0 aliphatic rings. The number of fused-ring (bicyclic) bond motifs is 5. The molecule has 0 saturated carbocycles. The van der Waals surface area contributed by atoms with E-state index in [1.807, 2.05) is 11.3 Å². The van der Waals surface area contributed by atoms with Crippen LogP contribution in [0.2, 0.25) is 0 Å². The van der Waals surface area contributed by atoms with Crippen LogP contribution in [0.1, 0.15) is 0 Å². The first-order valence-electron chi connectivity index (χ1n) is 17.5. The van der Waals surface area contributed by atoms with Crippen molar-refractivity contribution in [3.8, 4) is 55.6 Å².